The molecule has 2 N–H and O–H groups in total. The van der Waals surface area contributed by atoms with Gasteiger partial charge in [0.15, 0.2) is 0 Å². The summed E-state index contributed by atoms with van der Waals surface area (Å²) in [4.78, 5) is 13.0. The van der Waals surface area contributed by atoms with Crippen LogP contribution >= 0.6 is 23.7 Å². The predicted octanol–water partition coefficient (Wildman–Crippen LogP) is 3.17. The van der Waals surface area contributed by atoms with Gasteiger partial charge in [0.2, 0.25) is 0 Å². The van der Waals surface area contributed by atoms with Crippen LogP contribution in [0, 0.1) is 0 Å². The second-order valence-corrected chi connectivity index (χ2v) is 5.35. The third-order valence-corrected chi connectivity index (χ3v) is 3.93. The smallest absolute Gasteiger partial charge is 0.262 e. The zero-order valence-corrected chi connectivity index (χ0v) is 13.2. The molecule has 0 fully saturated rings. The van der Waals surface area contributed by atoms with E-state index in [1.54, 1.807) is 0 Å². The highest BCUT2D eigenvalue weighted by Crippen LogP contribution is 2.27. The van der Waals surface area contributed by atoms with Gasteiger partial charge in [-0.3, -0.25) is 4.79 Å². The lowest BCUT2D eigenvalue weighted by Gasteiger charge is -2.11. The Balaban J connectivity index is 0.00000200. The molecule has 1 aromatic carbocycles. The number of halogens is 1. The van der Waals surface area contributed by atoms with Gasteiger partial charge in [0.25, 0.3) is 5.91 Å². The largest absolute Gasteiger partial charge is 0.350 e. The summed E-state index contributed by atoms with van der Waals surface area (Å²) in [5.74, 6) is -0.00375. The van der Waals surface area contributed by atoms with Crippen molar-refractivity contribution in [1.82, 2.24) is 10.6 Å². The molecule has 20 heavy (non-hydrogen) atoms. The Morgan fingerprint density at radius 1 is 1.25 bits per heavy atom. The van der Waals surface area contributed by atoms with E-state index in [-0.39, 0.29) is 24.4 Å². The van der Waals surface area contributed by atoms with Gasteiger partial charge in [-0.2, -0.15) is 0 Å². The molecule has 0 bridgehead atoms. The van der Waals surface area contributed by atoms with E-state index in [0.717, 1.165) is 16.0 Å². The maximum absolute atomic E-state index is 12.2. The van der Waals surface area contributed by atoms with E-state index in [1.807, 2.05) is 55.7 Å². The molecule has 5 heteroatoms. The number of hydrogen-bond acceptors (Lipinski definition) is 3. The van der Waals surface area contributed by atoms with E-state index in [9.17, 15) is 4.79 Å². The maximum Gasteiger partial charge on any atom is 0.262 e. The standard InChI is InChI=1S/C15H18N2OS.ClH/c1-11(16-2)10-17-15(18)14-13(8-9-19-14)12-6-4-3-5-7-12;/h3-9,11,16H,10H2,1-2H3,(H,17,18);1H. The average molecular weight is 311 g/mol. The summed E-state index contributed by atoms with van der Waals surface area (Å²) in [6.45, 7) is 2.66. The normalized spacial score (nSPS) is 11.5. The summed E-state index contributed by atoms with van der Waals surface area (Å²) in [6, 6.07) is 12.3. The number of likely N-dealkylation sites (N-methyl/N-ethyl adjacent to an activating group) is 1. The van der Waals surface area contributed by atoms with Crippen LogP contribution in [0.1, 0.15) is 16.6 Å². The van der Waals surface area contributed by atoms with Gasteiger partial charge in [-0.1, -0.05) is 30.3 Å². The number of carbonyl (C=O) groups excluding carboxylic acids is 1. The number of thiophene rings is 1. The first-order valence-electron chi connectivity index (χ1n) is 6.30. The minimum Gasteiger partial charge on any atom is -0.350 e. The second kappa shape index (κ2) is 8.04. The molecule has 1 aromatic heterocycles. The Morgan fingerprint density at radius 3 is 2.60 bits per heavy atom. The summed E-state index contributed by atoms with van der Waals surface area (Å²) in [7, 11) is 1.89. The highest BCUT2D eigenvalue weighted by molar-refractivity contribution is 7.12. The van der Waals surface area contributed by atoms with Gasteiger partial charge in [-0.15, -0.1) is 23.7 Å². The van der Waals surface area contributed by atoms with Crippen LogP contribution in [-0.2, 0) is 0 Å². The molecule has 1 heterocycles. The lowest BCUT2D eigenvalue weighted by molar-refractivity contribution is 0.0955. The van der Waals surface area contributed by atoms with E-state index in [4.69, 9.17) is 0 Å². The second-order valence-electron chi connectivity index (χ2n) is 4.43. The molecular weight excluding hydrogens is 292 g/mol. The molecule has 0 spiro atoms. The molecule has 1 amide bonds. The van der Waals surface area contributed by atoms with Gasteiger partial charge in [0, 0.05) is 18.2 Å². The van der Waals surface area contributed by atoms with Crippen LogP contribution in [0.25, 0.3) is 11.1 Å². The van der Waals surface area contributed by atoms with Crippen LogP contribution in [0.15, 0.2) is 41.8 Å². The van der Waals surface area contributed by atoms with Gasteiger partial charge in [-0.05, 0) is 31.0 Å². The number of hydrogen-bond donors (Lipinski definition) is 2. The summed E-state index contributed by atoms with van der Waals surface area (Å²) in [6.07, 6.45) is 0. The lowest BCUT2D eigenvalue weighted by Crippen LogP contribution is -2.37. The third-order valence-electron chi connectivity index (χ3n) is 3.02. The SMILES string of the molecule is CNC(C)CNC(=O)c1sccc1-c1ccccc1.Cl. The molecule has 0 saturated heterocycles. The topological polar surface area (TPSA) is 41.1 Å². The van der Waals surface area contributed by atoms with Gasteiger partial charge < -0.3 is 10.6 Å². The van der Waals surface area contributed by atoms with Crippen LogP contribution < -0.4 is 10.6 Å². The van der Waals surface area contributed by atoms with Gasteiger partial charge >= 0.3 is 0 Å². The van der Waals surface area contributed by atoms with Crippen LogP contribution in [0.4, 0.5) is 0 Å². The van der Waals surface area contributed by atoms with E-state index < -0.39 is 0 Å². The predicted molar refractivity (Wildman–Crippen MR) is 87.9 cm³/mol. The summed E-state index contributed by atoms with van der Waals surface area (Å²) < 4.78 is 0. The summed E-state index contributed by atoms with van der Waals surface area (Å²) in [5, 5.41) is 8.01. The fourth-order valence-corrected chi connectivity index (χ4v) is 2.59. The molecule has 2 aromatic rings. The molecule has 0 aliphatic heterocycles. The quantitative estimate of drug-likeness (QED) is 0.890. The Labute approximate surface area is 129 Å². The first-order chi connectivity index (χ1) is 9.22. The molecule has 108 valence electrons. The summed E-state index contributed by atoms with van der Waals surface area (Å²) in [5.41, 5.74) is 2.08. The number of amides is 1. The molecule has 1 atom stereocenters. The molecular formula is C15H19ClN2OS. The number of benzene rings is 1. The van der Waals surface area contributed by atoms with Gasteiger partial charge in [0.05, 0.1) is 4.88 Å². The van der Waals surface area contributed by atoms with Crippen molar-refractivity contribution >= 4 is 29.7 Å². The molecule has 1 unspecified atom stereocenters. The Morgan fingerprint density at radius 2 is 1.95 bits per heavy atom. The first-order valence-corrected chi connectivity index (χ1v) is 7.18. The number of nitrogens with one attached hydrogen (secondary N) is 2. The van der Waals surface area contributed by atoms with Crippen molar-refractivity contribution in [3.05, 3.63) is 46.7 Å². The molecule has 0 saturated carbocycles. The van der Waals surface area contributed by atoms with E-state index in [1.165, 1.54) is 11.3 Å². The van der Waals surface area contributed by atoms with Crippen molar-refractivity contribution in [2.75, 3.05) is 13.6 Å². The van der Waals surface area contributed by atoms with Crippen LogP contribution in [0.3, 0.4) is 0 Å². The van der Waals surface area contributed by atoms with Gasteiger partial charge in [-0.25, -0.2) is 0 Å². The monoisotopic (exact) mass is 310 g/mol. The minimum atomic E-state index is -0.00375. The number of carbonyl (C=O) groups is 1. The fraction of sp³-hybridized carbons (Fsp3) is 0.267. The Kier molecular flexibility index (Phi) is 6.71. The van der Waals surface area contributed by atoms with Crippen molar-refractivity contribution in [2.45, 2.75) is 13.0 Å². The van der Waals surface area contributed by atoms with Crippen molar-refractivity contribution in [3.63, 3.8) is 0 Å². The zero-order valence-electron chi connectivity index (χ0n) is 11.6. The lowest BCUT2D eigenvalue weighted by atomic mass is 10.1. The highest BCUT2D eigenvalue weighted by Gasteiger charge is 2.14. The van der Waals surface area contributed by atoms with Crippen LogP contribution in [0.5, 0.6) is 0 Å². The minimum absolute atomic E-state index is 0. The zero-order chi connectivity index (χ0) is 13.7. The van der Waals surface area contributed by atoms with Crippen LogP contribution in [0.2, 0.25) is 0 Å². The third kappa shape index (κ3) is 4.07. The Hall–Kier alpha value is -1.36. The van der Waals surface area contributed by atoms with Crippen LogP contribution in [-0.4, -0.2) is 25.5 Å². The van der Waals surface area contributed by atoms with Crippen molar-refractivity contribution in [3.8, 4) is 11.1 Å². The van der Waals surface area contributed by atoms with Gasteiger partial charge in [0.1, 0.15) is 0 Å². The van der Waals surface area contributed by atoms with E-state index >= 15 is 0 Å². The molecule has 3 nitrogen and oxygen atoms in total. The van der Waals surface area contributed by atoms with E-state index in [0.29, 0.717) is 6.54 Å². The van der Waals surface area contributed by atoms with E-state index in [2.05, 4.69) is 10.6 Å². The van der Waals surface area contributed by atoms with Crippen molar-refractivity contribution in [1.29, 1.82) is 0 Å². The molecule has 2 rings (SSSR count). The average Bonchev–Trinajstić information content (AvgIpc) is 2.94. The number of rotatable bonds is 5. The van der Waals surface area contributed by atoms with Crippen molar-refractivity contribution in [2.24, 2.45) is 0 Å². The molecule has 0 aliphatic rings. The fourth-order valence-electron chi connectivity index (χ4n) is 1.76. The summed E-state index contributed by atoms with van der Waals surface area (Å²) >= 11 is 1.48. The molecule has 0 radical (unpaired) electrons. The molecule has 0 aliphatic carbocycles. The first kappa shape index (κ1) is 16.7. The Bertz CT molecular complexity index is 542. The maximum atomic E-state index is 12.2. The highest BCUT2D eigenvalue weighted by atomic mass is 35.5. The van der Waals surface area contributed by atoms with Crippen molar-refractivity contribution < 1.29 is 4.79 Å².